The zero-order valence-electron chi connectivity index (χ0n) is 11.4. The van der Waals surface area contributed by atoms with Gasteiger partial charge in [-0.1, -0.05) is 0 Å². The van der Waals surface area contributed by atoms with Crippen molar-refractivity contribution in [3.05, 3.63) is 45.6 Å². The molecule has 0 spiro atoms. The third kappa shape index (κ3) is 2.90. The molecule has 6 nitrogen and oxygen atoms in total. The van der Waals surface area contributed by atoms with Gasteiger partial charge in [-0.25, -0.2) is 0 Å². The number of hydrogen-bond donors (Lipinski definition) is 1. The summed E-state index contributed by atoms with van der Waals surface area (Å²) >= 11 is 0. The summed E-state index contributed by atoms with van der Waals surface area (Å²) in [5.41, 5.74) is 1.55. The molecule has 0 aliphatic heterocycles. The average Bonchev–Trinajstić information content (AvgIpc) is 2.81. The van der Waals surface area contributed by atoms with Crippen LogP contribution < -0.4 is 5.43 Å². The van der Waals surface area contributed by atoms with Gasteiger partial charge < -0.3 is 5.11 Å². The number of nitrogens with zero attached hydrogens (tertiary/aromatic N) is 4. The smallest absolute Gasteiger partial charge is 0.206 e. The molecule has 0 aromatic carbocycles. The Morgan fingerprint density at radius 3 is 2.68 bits per heavy atom. The van der Waals surface area contributed by atoms with Crippen LogP contribution >= 0.6 is 0 Å². The molecular formula is C13H18N4O2. The first-order valence-corrected chi connectivity index (χ1v) is 6.23. The molecule has 1 N–H and O–H groups in total. The molecule has 0 aliphatic carbocycles. The van der Waals surface area contributed by atoms with Crippen molar-refractivity contribution in [1.82, 2.24) is 19.6 Å². The highest BCUT2D eigenvalue weighted by atomic mass is 16.3. The summed E-state index contributed by atoms with van der Waals surface area (Å²) in [5.74, 6) is 0. The first kappa shape index (κ1) is 13.5. The van der Waals surface area contributed by atoms with Gasteiger partial charge in [0.25, 0.3) is 0 Å². The fourth-order valence-corrected chi connectivity index (χ4v) is 1.79. The molecule has 2 heterocycles. The number of aromatic nitrogens is 4. The van der Waals surface area contributed by atoms with Crippen LogP contribution in [-0.2, 0) is 13.2 Å². The normalized spacial score (nSPS) is 11.2. The number of aryl methyl sites for hydroxylation is 1. The average molecular weight is 262 g/mol. The second kappa shape index (κ2) is 5.36. The molecule has 102 valence electrons. The maximum Gasteiger partial charge on any atom is 0.206 e. The first-order valence-electron chi connectivity index (χ1n) is 6.23. The van der Waals surface area contributed by atoms with Gasteiger partial charge >= 0.3 is 0 Å². The molecule has 0 aliphatic rings. The van der Waals surface area contributed by atoms with E-state index in [9.17, 15) is 4.79 Å². The van der Waals surface area contributed by atoms with Crippen molar-refractivity contribution in [3.63, 3.8) is 0 Å². The predicted molar refractivity (Wildman–Crippen MR) is 70.9 cm³/mol. The maximum absolute atomic E-state index is 11.5. The second-order valence-corrected chi connectivity index (χ2v) is 4.79. The molecule has 0 unspecified atom stereocenters. The first-order chi connectivity index (χ1) is 9.01. The fraction of sp³-hybridized carbons (Fsp3) is 0.462. The molecule has 0 saturated heterocycles. The Morgan fingerprint density at radius 1 is 1.37 bits per heavy atom. The summed E-state index contributed by atoms with van der Waals surface area (Å²) < 4.78 is 3.56. The fourth-order valence-electron chi connectivity index (χ4n) is 1.79. The van der Waals surface area contributed by atoms with Gasteiger partial charge in [0.2, 0.25) is 5.43 Å². The van der Waals surface area contributed by atoms with Crippen LogP contribution in [0.2, 0.25) is 0 Å². The Hall–Kier alpha value is -1.95. The Bertz CT molecular complexity index is 628. The molecule has 19 heavy (non-hydrogen) atoms. The van der Waals surface area contributed by atoms with Gasteiger partial charge in [-0.2, -0.15) is 10.2 Å². The van der Waals surface area contributed by atoms with Gasteiger partial charge in [0.1, 0.15) is 5.69 Å². The molecule has 2 aromatic heterocycles. The van der Waals surface area contributed by atoms with Crippen LogP contribution in [0.1, 0.15) is 37.0 Å². The van der Waals surface area contributed by atoms with E-state index in [1.807, 2.05) is 23.9 Å². The molecule has 0 amide bonds. The second-order valence-electron chi connectivity index (χ2n) is 4.79. The summed E-state index contributed by atoms with van der Waals surface area (Å²) in [6.45, 7) is 6.07. The third-order valence-electron chi connectivity index (χ3n) is 2.93. The van der Waals surface area contributed by atoms with Crippen molar-refractivity contribution in [2.75, 3.05) is 0 Å². The minimum atomic E-state index is -0.348. The van der Waals surface area contributed by atoms with Gasteiger partial charge in [0, 0.05) is 24.0 Å². The van der Waals surface area contributed by atoms with E-state index in [4.69, 9.17) is 5.11 Å². The Balaban J connectivity index is 2.29. The highest BCUT2D eigenvalue weighted by Gasteiger charge is 2.08. The van der Waals surface area contributed by atoms with Crippen LogP contribution in [0.15, 0.2) is 23.1 Å². The van der Waals surface area contributed by atoms with Gasteiger partial charge in [-0.3, -0.25) is 14.2 Å². The Kier molecular flexibility index (Phi) is 3.80. The highest BCUT2D eigenvalue weighted by Crippen LogP contribution is 2.06. The maximum atomic E-state index is 11.5. The molecular weight excluding hydrogens is 244 g/mol. The van der Waals surface area contributed by atoms with Crippen molar-refractivity contribution in [2.45, 2.75) is 40.0 Å². The predicted octanol–water partition coefficient (Wildman–Crippen LogP) is 0.870. The quantitative estimate of drug-likeness (QED) is 0.887. The summed E-state index contributed by atoms with van der Waals surface area (Å²) in [6.07, 6.45) is 1.92. The van der Waals surface area contributed by atoms with E-state index in [-0.39, 0.29) is 17.7 Å². The number of aliphatic hydroxyl groups excluding tert-OH is 1. The Labute approximate surface area is 111 Å². The zero-order valence-corrected chi connectivity index (χ0v) is 11.4. The lowest BCUT2D eigenvalue weighted by Gasteiger charge is -2.09. The lowest BCUT2D eigenvalue weighted by atomic mass is 10.3. The van der Waals surface area contributed by atoms with Crippen molar-refractivity contribution in [2.24, 2.45) is 0 Å². The van der Waals surface area contributed by atoms with Gasteiger partial charge in [0.05, 0.1) is 18.8 Å². The number of hydrogen-bond acceptors (Lipinski definition) is 4. The summed E-state index contributed by atoms with van der Waals surface area (Å²) in [5, 5.41) is 17.7. The third-order valence-corrected chi connectivity index (χ3v) is 2.93. The van der Waals surface area contributed by atoms with Gasteiger partial charge in [0.15, 0.2) is 0 Å². The van der Waals surface area contributed by atoms with E-state index in [2.05, 4.69) is 24.0 Å². The van der Waals surface area contributed by atoms with E-state index >= 15 is 0 Å². The van der Waals surface area contributed by atoms with Crippen LogP contribution in [0.4, 0.5) is 0 Å². The molecule has 0 atom stereocenters. The highest BCUT2D eigenvalue weighted by molar-refractivity contribution is 5.09. The van der Waals surface area contributed by atoms with Crippen LogP contribution in [0.3, 0.4) is 0 Å². The SMILES string of the molecule is Cc1cc(=O)c(CO)nn1Cc1ccn(C(C)C)n1. The zero-order chi connectivity index (χ0) is 14.0. The summed E-state index contributed by atoms with van der Waals surface area (Å²) in [7, 11) is 0. The van der Waals surface area contributed by atoms with Crippen LogP contribution in [-0.4, -0.2) is 24.7 Å². The van der Waals surface area contributed by atoms with Crippen molar-refractivity contribution >= 4 is 0 Å². The van der Waals surface area contributed by atoms with E-state index in [1.54, 1.807) is 4.68 Å². The van der Waals surface area contributed by atoms with E-state index in [0.717, 1.165) is 11.4 Å². The largest absolute Gasteiger partial charge is 0.390 e. The van der Waals surface area contributed by atoms with Crippen molar-refractivity contribution in [1.29, 1.82) is 0 Å². The lowest BCUT2D eigenvalue weighted by molar-refractivity contribution is 0.271. The molecule has 0 saturated carbocycles. The van der Waals surface area contributed by atoms with E-state index in [1.165, 1.54) is 6.07 Å². The molecule has 2 aromatic rings. The lowest BCUT2D eigenvalue weighted by Crippen LogP contribution is -2.20. The minimum Gasteiger partial charge on any atom is -0.390 e. The van der Waals surface area contributed by atoms with Gasteiger partial charge in [-0.15, -0.1) is 0 Å². The molecule has 0 radical (unpaired) electrons. The topological polar surface area (TPSA) is 72.9 Å². The summed E-state index contributed by atoms with van der Waals surface area (Å²) in [6, 6.07) is 3.72. The standard InChI is InChI=1S/C13H18N4O2/c1-9(2)16-5-4-11(14-16)7-17-10(3)6-13(19)12(8-18)15-17/h4-6,9,18H,7-8H2,1-3H3. The number of aliphatic hydroxyl groups is 1. The molecule has 0 bridgehead atoms. The molecule has 6 heteroatoms. The van der Waals surface area contributed by atoms with Crippen LogP contribution in [0.25, 0.3) is 0 Å². The minimum absolute atomic E-state index is 0.161. The number of rotatable bonds is 4. The molecule has 2 rings (SSSR count). The van der Waals surface area contributed by atoms with Crippen molar-refractivity contribution in [3.8, 4) is 0 Å². The van der Waals surface area contributed by atoms with E-state index < -0.39 is 0 Å². The van der Waals surface area contributed by atoms with Crippen LogP contribution in [0.5, 0.6) is 0 Å². The van der Waals surface area contributed by atoms with Crippen LogP contribution in [0, 0.1) is 6.92 Å². The van der Waals surface area contributed by atoms with Crippen molar-refractivity contribution < 1.29 is 5.11 Å². The Morgan fingerprint density at radius 2 is 2.11 bits per heavy atom. The van der Waals surface area contributed by atoms with Gasteiger partial charge in [-0.05, 0) is 26.8 Å². The molecule has 0 fully saturated rings. The summed E-state index contributed by atoms with van der Waals surface area (Å²) in [4.78, 5) is 11.5. The monoisotopic (exact) mass is 262 g/mol. The van der Waals surface area contributed by atoms with E-state index in [0.29, 0.717) is 12.6 Å².